The number of esters is 1. The zero-order chi connectivity index (χ0) is 20.8. The first kappa shape index (κ1) is 19.8. The maximum Gasteiger partial charge on any atom is 0.337 e. The number of amides is 1. The van der Waals surface area contributed by atoms with Crippen LogP contribution in [0.2, 0.25) is 0 Å². The average Bonchev–Trinajstić information content (AvgIpc) is 2.73. The zero-order valence-corrected chi connectivity index (χ0v) is 16.2. The minimum atomic E-state index is -0.418. The molecule has 2 N–H and O–H groups in total. The van der Waals surface area contributed by atoms with Crippen LogP contribution in [0.5, 0.6) is 5.75 Å². The van der Waals surface area contributed by atoms with E-state index in [1.807, 2.05) is 6.07 Å². The number of aryl methyl sites for hydroxylation is 1. The molecular weight excluding hydrogens is 372 g/mol. The minimum Gasteiger partial charge on any atom is -0.495 e. The van der Waals surface area contributed by atoms with Crippen molar-refractivity contribution in [2.45, 2.75) is 6.92 Å². The van der Waals surface area contributed by atoms with Crippen molar-refractivity contribution in [2.24, 2.45) is 0 Å². The van der Waals surface area contributed by atoms with E-state index >= 15 is 0 Å². The van der Waals surface area contributed by atoms with Crippen molar-refractivity contribution in [1.82, 2.24) is 9.97 Å². The van der Waals surface area contributed by atoms with Gasteiger partial charge in [-0.15, -0.1) is 0 Å². The quantitative estimate of drug-likeness (QED) is 0.618. The molecule has 0 saturated heterocycles. The smallest absolute Gasteiger partial charge is 0.337 e. The lowest BCUT2D eigenvalue weighted by Crippen LogP contribution is -2.16. The third-order valence-corrected chi connectivity index (χ3v) is 4.00. The van der Waals surface area contributed by atoms with Crippen LogP contribution in [0.25, 0.3) is 0 Å². The molecule has 0 radical (unpaired) electrons. The summed E-state index contributed by atoms with van der Waals surface area (Å²) in [5.41, 5.74) is 2.47. The molecule has 148 valence electrons. The van der Waals surface area contributed by atoms with Crippen LogP contribution in [0, 0.1) is 6.92 Å². The highest BCUT2D eigenvalue weighted by atomic mass is 16.5. The number of anilines is 3. The molecule has 3 rings (SSSR count). The SMILES string of the molecule is COC(=O)c1ccc(Nc2nc(C)cc(C(=O)Nc3ccccc3OC)n2)cc1. The lowest BCUT2D eigenvalue weighted by molar-refractivity contribution is 0.0600. The second-order valence-corrected chi connectivity index (χ2v) is 6.07. The van der Waals surface area contributed by atoms with E-state index in [0.717, 1.165) is 0 Å². The molecule has 0 aliphatic carbocycles. The summed E-state index contributed by atoms with van der Waals surface area (Å²) in [7, 11) is 2.86. The topological polar surface area (TPSA) is 102 Å². The molecule has 2 aromatic carbocycles. The van der Waals surface area contributed by atoms with Gasteiger partial charge in [0.1, 0.15) is 11.4 Å². The van der Waals surface area contributed by atoms with Gasteiger partial charge in [-0.3, -0.25) is 4.79 Å². The molecule has 0 fully saturated rings. The summed E-state index contributed by atoms with van der Waals surface area (Å²) in [5.74, 6) is 0.0133. The van der Waals surface area contributed by atoms with Gasteiger partial charge in [-0.1, -0.05) is 12.1 Å². The lowest BCUT2D eigenvalue weighted by atomic mass is 10.2. The zero-order valence-electron chi connectivity index (χ0n) is 16.2. The van der Waals surface area contributed by atoms with E-state index in [1.165, 1.54) is 14.2 Å². The van der Waals surface area contributed by atoms with Crippen molar-refractivity contribution >= 4 is 29.2 Å². The number of nitrogens with one attached hydrogen (secondary N) is 2. The van der Waals surface area contributed by atoms with Crippen molar-refractivity contribution in [3.8, 4) is 5.75 Å². The fourth-order valence-corrected chi connectivity index (χ4v) is 2.61. The predicted octanol–water partition coefficient (Wildman–Crippen LogP) is 3.58. The Morgan fingerprint density at radius 2 is 1.69 bits per heavy atom. The molecule has 8 nitrogen and oxygen atoms in total. The van der Waals surface area contributed by atoms with Gasteiger partial charge in [-0.2, -0.15) is 0 Å². The number of ether oxygens (including phenoxy) is 2. The highest BCUT2D eigenvalue weighted by Crippen LogP contribution is 2.24. The molecule has 0 atom stereocenters. The van der Waals surface area contributed by atoms with Crippen LogP contribution in [0.15, 0.2) is 54.6 Å². The lowest BCUT2D eigenvalue weighted by Gasteiger charge is -2.11. The van der Waals surface area contributed by atoms with Crippen LogP contribution >= 0.6 is 0 Å². The summed E-state index contributed by atoms with van der Waals surface area (Å²) in [4.78, 5) is 32.8. The molecule has 1 aromatic heterocycles. The van der Waals surface area contributed by atoms with Crippen molar-refractivity contribution < 1.29 is 19.1 Å². The van der Waals surface area contributed by atoms with Crippen LogP contribution in [0.3, 0.4) is 0 Å². The van der Waals surface area contributed by atoms with Gasteiger partial charge in [0.05, 0.1) is 25.5 Å². The fraction of sp³-hybridized carbons (Fsp3) is 0.143. The molecular formula is C21H20N4O4. The van der Waals surface area contributed by atoms with E-state index in [-0.39, 0.29) is 17.5 Å². The molecule has 0 unspecified atom stereocenters. The van der Waals surface area contributed by atoms with Gasteiger partial charge < -0.3 is 20.1 Å². The number of hydrogen-bond acceptors (Lipinski definition) is 7. The summed E-state index contributed by atoms with van der Waals surface area (Å²) in [6.07, 6.45) is 0. The van der Waals surface area contributed by atoms with Crippen LogP contribution in [0.4, 0.5) is 17.3 Å². The van der Waals surface area contributed by atoms with Gasteiger partial charge in [-0.25, -0.2) is 14.8 Å². The van der Waals surface area contributed by atoms with Gasteiger partial charge in [0.25, 0.3) is 5.91 Å². The largest absolute Gasteiger partial charge is 0.495 e. The number of hydrogen-bond donors (Lipinski definition) is 2. The standard InChI is InChI=1S/C21H20N4O4/c1-13-12-17(19(26)24-16-6-4-5-7-18(16)28-2)25-21(22-13)23-15-10-8-14(9-11-15)20(27)29-3/h4-12H,1-3H3,(H,24,26)(H,22,23,25). The van der Waals surface area contributed by atoms with Crippen LogP contribution in [0.1, 0.15) is 26.5 Å². The molecule has 1 heterocycles. The normalized spacial score (nSPS) is 10.2. The highest BCUT2D eigenvalue weighted by molar-refractivity contribution is 6.04. The second-order valence-electron chi connectivity index (χ2n) is 6.07. The van der Waals surface area contributed by atoms with Crippen molar-refractivity contribution in [3.05, 3.63) is 71.5 Å². The Morgan fingerprint density at radius 3 is 2.38 bits per heavy atom. The fourth-order valence-electron chi connectivity index (χ4n) is 2.61. The van der Waals surface area contributed by atoms with E-state index in [2.05, 4.69) is 25.3 Å². The summed E-state index contributed by atoms with van der Waals surface area (Å²) in [5, 5.41) is 5.82. The second kappa shape index (κ2) is 8.83. The van der Waals surface area contributed by atoms with Crippen molar-refractivity contribution in [1.29, 1.82) is 0 Å². The molecule has 0 saturated carbocycles. The van der Waals surface area contributed by atoms with Gasteiger partial charge >= 0.3 is 5.97 Å². The van der Waals surface area contributed by atoms with Gasteiger partial charge in [0.15, 0.2) is 0 Å². The van der Waals surface area contributed by atoms with E-state index in [0.29, 0.717) is 28.4 Å². The minimum absolute atomic E-state index is 0.206. The highest BCUT2D eigenvalue weighted by Gasteiger charge is 2.13. The Morgan fingerprint density at radius 1 is 0.966 bits per heavy atom. The van der Waals surface area contributed by atoms with E-state index in [4.69, 9.17) is 4.74 Å². The summed E-state index contributed by atoms with van der Waals surface area (Å²) >= 11 is 0. The van der Waals surface area contributed by atoms with Crippen LogP contribution in [-0.2, 0) is 4.74 Å². The van der Waals surface area contributed by atoms with E-state index < -0.39 is 5.97 Å². The molecule has 0 aliphatic heterocycles. The number of carbonyl (C=O) groups excluding carboxylic acids is 2. The number of benzene rings is 2. The van der Waals surface area contributed by atoms with E-state index in [1.54, 1.807) is 55.5 Å². The predicted molar refractivity (Wildman–Crippen MR) is 109 cm³/mol. The number of methoxy groups -OCH3 is 2. The van der Waals surface area contributed by atoms with E-state index in [9.17, 15) is 9.59 Å². The Kier molecular flexibility index (Phi) is 6.03. The van der Waals surface area contributed by atoms with Gasteiger partial charge in [-0.05, 0) is 49.4 Å². The van der Waals surface area contributed by atoms with Gasteiger partial charge in [0, 0.05) is 11.4 Å². The van der Waals surface area contributed by atoms with Crippen molar-refractivity contribution in [3.63, 3.8) is 0 Å². The third kappa shape index (κ3) is 4.86. The number of rotatable bonds is 6. The molecule has 0 aliphatic rings. The summed E-state index contributed by atoms with van der Waals surface area (Å²) in [6.45, 7) is 1.77. The first-order chi connectivity index (χ1) is 14.0. The third-order valence-electron chi connectivity index (χ3n) is 4.00. The number of carbonyl (C=O) groups is 2. The first-order valence-electron chi connectivity index (χ1n) is 8.75. The Labute approximate surface area is 167 Å². The maximum atomic E-state index is 12.7. The van der Waals surface area contributed by atoms with Crippen LogP contribution in [-0.4, -0.2) is 36.1 Å². The molecule has 3 aromatic rings. The first-order valence-corrected chi connectivity index (χ1v) is 8.75. The Bertz CT molecular complexity index is 1040. The van der Waals surface area contributed by atoms with Gasteiger partial charge in [0.2, 0.25) is 5.95 Å². The molecule has 1 amide bonds. The van der Waals surface area contributed by atoms with Crippen molar-refractivity contribution in [2.75, 3.05) is 24.9 Å². The monoisotopic (exact) mass is 392 g/mol. The average molecular weight is 392 g/mol. The molecule has 0 bridgehead atoms. The molecule has 29 heavy (non-hydrogen) atoms. The Balaban J connectivity index is 1.79. The maximum absolute atomic E-state index is 12.7. The number of para-hydroxylation sites is 2. The summed E-state index contributed by atoms with van der Waals surface area (Å²) in [6, 6.07) is 15.4. The van der Waals surface area contributed by atoms with Crippen LogP contribution < -0.4 is 15.4 Å². The number of nitrogens with zero attached hydrogens (tertiary/aromatic N) is 2. The summed E-state index contributed by atoms with van der Waals surface area (Å²) < 4.78 is 9.93. The molecule has 8 heteroatoms. The molecule has 0 spiro atoms. The Hall–Kier alpha value is -3.94. The number of aromatic nitrogens is 2.